The summed E-state index contributed by atoms with van der Waals surface area (Å²) >= 11 is 6.14. The SMILES string of the molecule is O=C(O)c1ccc2nc(CN3CCC(c4cccc(OCc5ccnc6cc(Cl)ccc56)n4)CC3)n(CC3CCO3)c2c1. The van der Waals surface area contributed by atoms with E-state index in [1.54, 1.807) is 24.4 Å². The minimum absolute atomic E-state index is 0.145. The second-order valence-electron chi connectivity index (χ2n) is 11.3. The van der Waals surface area contributed by atoms with Crippen LogP contribution in [0, 0.1) is 0 Å². The van der Waals surface area contributed by atoms with Crippen molar-refractivity contribution in [1.82, 2.24) is 24.4 Å². The van der Waals surface area contributed by atoms with Crippen LogP contribution < -0.4 is 4.74 Å². The normalized spacial score (nSPS) is 17.7. The van der Waals surface area contributed by atoms with Gasteiger partial charge in [-0.25, -0.2) is 14.8 Å². The maximum atomic E-state index is 11.6. The predicted molar refractivity (Wildman–Crippen MR) is 164 cm³/mol. The number of benzene rings is 2. The zero-order chi connectivity index (χ0) is 29.3. The fraction of sp³-hybridized carbons (Fsp3) is 0.333. The molecule has 2 fully saturated rings. The molecule has 43 heavy (non-hydrogen) atoms. The Bertz CT molecular complexity index is 1800. The minimum atomic E-state index is -0.933. The zero-order valence-electron chi connectivity index (χ0n) is 23.7. The Morgan fingerprint density at radius 1 is 1.02 bits per heavy atom. The molecule has 0 radical (unpaired) electrons. The van der Waals surface area contributed by atoms with Gasteiger partial charge in [0, 0.05) is 46.5 Å². The molecule has 2 saturated heterocycles. The van der Waals surface area contributed by atoms with E-state index in [0.29, 0.717) is 36.5 Å². The third-order valence-corrected chi connectivity index (χ3v) is 8.78. The van der Waals surface area contributed by atoms with E-state index in [1.165, 1.54) is 0 Å². The summed E-state index contributed by atoms with van der Waals surface area (Å²) in [5.74, 6) is 0.985. The Morgan fingerprint density at radius 3 is 2.67 bits per heavy atom. The number of nitrogens with zero attached hydrogens (tertiary/aromatic N) is 5. The standard InChI is InChI=1S/C33H32ClN5O4/c34-24-5-6-26-23(8-12-35-29(26)17-24)20-43-32-3-1-2-27(37-32)21-9-13-38(14-10-21)19-31-36-28-7-4-22(33(40)41)16-30(28)39(31)18-25-11-15-42-25/h1-8,12,16-17,21,25H,9-11,13-15,18-20H2,(H,40,41). The topological polar surface area (TPSA) is 103 Å². The molecule has 2 aromatic carbocycles. The van der Waals surface area contributed by atoms with E-state index in [4.69, 9.17) is 31.0 Å². The third kappa shape index (κ3) is 5.93. The minimum Gasteiger partial charge on any atom is -0.478 e. The number of pyridine rings is 2. The monoisotopic (exact) mass is 597 g/mol. The lowest BCUT2D eigenvalue weighted by atomic mass is 9.93. The number of hydrogen-bond acceptors (Lipinski definition) is 7. The highest BCUT2D eigenvalue weighted by Gasteiger charge is 2.26. The highest BCUT2D eigenvalue weighted by Crippen LogP contribution is 2.30. The van der Waals surface area contributed by atoms with Gasteiger partial charge < -0.3 is 19.1 Å². The number of carboxylic acid groups (broad SMARTS) is 1. The largest absolute Gasteiger partial charge is 0.478 e. The van der Waals surface area contributed by atoms with Gasteiger partial charge in [-0.05, 0) is 74.8 Å². The number of rotatable bonds is 9. The Morgan fingerprint density at radius 2 is 1.88 bits per heavy atom. The van der Waals surface area contributed by atoms with Crippen LogP contribution in [0.25, 0.3) is 21.9 Å². The first-order chi connectivity index (χ1) is 21.0. The van der Waals surface area contributed by atoms with Gasteiger partial charge in [0.1, 0.15) is 12.4 Å². The predicted octanol–water partition coefficient (Wildman–Crippen LogP) is 6.08. The number of piperidine rings is 1. The summed E-state index contributed by atoms with van der Waals surface area (Å²) in [6, 6.07) is 18.8. The van der Waals surface area contributed by atoms with E-state index in [0.717, 1.165) is 78.0 Å². The number of imidazole rings is 1. The highest BCUT2D eigenvalue weighted by molar-refractivity contribution is 6.31. The summed E-state index contributed by atoms with van der Waals surface area (Å²) in [5, 5.41) is 11.2. The number of halogens is 1. The van der Waals surface area contributed by atoms with Gasteiger partial charge in [-0.1, -0.05) is 23.7 Å². The number of carboxylic acids is 1. The van der Waals surface area contributed by atoms with Gasteiger partial charge in [0.25, 0.3) is 0 Å². The van der Waals surface area contributed by atoms with Crippen LogP contribution in [0.15, 0.2) is 66.9 Å². The van der Waals surface area contributed by atoms with Gasteiger partial charge in [-0.3, -0.25) is 9.88 Å². The fourth-order valence-corrected chi connectivity index (χ4v) is 6.21. The quantitative estimate of drug-likeness (QED) is 0.218. The van der Waals surface area contributed by atoms with Crippen molar-refractivity contribution in [3.8, 4) is 5.88 Å². The van der Waals surface area contributed by atoms with Crippen LogP contribution in [0.5, 0.6) is 5.88 Å². The van der Waals surface area contributed by atoms with Crippen LogP contribution in [0.2, 0.25) is 5.02 Å². The van der Waals surface area contributed by atoms with E-state index < -0.39 is 5.97 Å². The molecule has 0 amide bonds. The molecular weight excluding hydrogens is 566 g/mol. The molecule has 10 heteroatoms. The Kier molecular flexibility index (Phi) is 7.69. The maximum absolute atomic E-state index is 11.6. The van der Waals surface area contributed by atoms with E-state index in [9.17, 15) is 9.90 Å². The zero-order valence-corrected chi connectivity index (χ0v) is 24.4. The molecule has 1 N–H and O–H groups in total. The molecule has 1 atom stereocenters. The lowest BCUT2D eigenvalue weighted by Crippen LogP contribution is -2.35. The molecule has 0 spiro atoms. The summed E-state index contributed by atoms with van der Waals surface area (Å²) in [4.78, 5) is 28.2. The van der Waals surface area contributed by atoms with Gasteiger partial charge in [0.15, 0.2) is 0 Å². The molecule has 220 valence electrons. The fourth-order valence-electron chi connectivity index (χ4n) is 6.05. The van der Waals surface area contributed by atoms with Crippen LogP contribution in [-0.2, 0) is 24.4 Å². The van der Waals surface area contributed by atoms with E-state index >= 15 is 0 Å². The second kappa shape index (κ2) is 11.9. The molecule has 1 unspecified atom stereocenters. The number of aromatic nitrogens is 4. The van der Waals surface area contributed by atoms with Crippen molar-refractivity contribution in [1.29, 1.82) is 0 Å². The van der Waals surface area contributed by atoms with E-state index in [1.807, 2.05) is 36.4 Å². The average molecular weight is 598 g/mol. The maximum Gasteiger partial charge on any atom is 0.335 e. The molecule has 9 nitrogen and oxygen atoms in total. The molecule has 0 bridgehead atoms. The van der Waals surface area contributed by atoms with Crippen molar-refractivity contribution < 1.29 is 19.4 Å². The number of aromatic carboxylic acids is 1. The molecule has 7 rings (SSSR count). The first-order valence-electron chi connectivity index (χ1n) is 14.7. The summed E-state index contributed by atoms with van der Waals surface area (Å²) in [5.41, 5.74) is 4.88. The third-order valence-electron chi connectivity index (χ3n) is 8.54. The molecule has 2 aliphatic rings. The summed E-state index contributed by atoms with van der Waals surface area (Å²) in [7, 11) is 0. The van der Waals surface area contributed by atoms with Crippen molar-refractivity contribution in [3.63, 3.8) is 0 Å². The smallest absolute Gasteiger partial charge is 0.335 e. The van der Waals surface area contributed by atoms with E-state index in [-0.39, 0.29) is 11.7 Å². The van der Waals surface area contributed by atoms with Crippen LogP contribution >= 0.6 is 11.6 Å². The summed E-state index contributed by atoms with van der Waals surface area (Å²) in [6.07, 6.45) is 4.90. The molecule has 2 aliphatic heterocycles. The first kappa shape index (κ1) is 27.8. The number of ether oxygens (including phenoxy) is 2. The average Bonchev–Trinajstić information content (AvgIpc) is 3.33. The molecule has 3 aromatic heterocycles. The highest BCUT2D eigenvalue weighted by atomic mass is 35.5. The molecular formula is C33H32ClN5O4. The molecule has 5 heterocycles. The van der Waals surface area contributed by atoms with Gasteiger partial charge >= 0.3 is 5.97 Å². The van der Waals surface area contributed by atoms with Gasteiger partial charge in [0.05, 0.1) is 41.3 Å². The van der Waals surface area contributed by atoms with Crippen molar-refractivity contribution in [3.05, 3.63) is 94.5 Å². The summed E-state index contributed by atoms with van der Waals surface area (Å²) < 4.78 is 14.0. The van der Waals surface area contributed by atoms with Gasteiger partial charge in [-0.2, -0.15) is 0 Å². The number of fused-ring (bicyclic) bond motifs is 2. The Labute approximate surface area is 254 Å². The van der Waals surface area contributed by atoms with Crippen molar-refractivity contribution in [2.75, 3.05) is 19.7 Å². The molecule has 0 aliphatic carbocycles. The van der Waals surface area contributed by atoms with Gasteiger partial charge in [-0.15, -0.1) is 0 Å². The molecule has 0 saturated carbocycles. The van der Waals surface area contributed by atoms with Crippen molar-refractivity contribution in [2.45, 2.75) is 51.0 Å². The summed E-state index contributed by atoms with van der Waals surface area (Å²) in [6.45, 7) is 4.41. The van der Waals surface area contributed by atoms with Crippen LogP contribution in [0.3, 0.4) is 0 Å². The number of hydrogen-bond donors (Lipinski definition) is 1. The number of likely N-dealkylation sites (tertiary alicyclic amines) is 1. The van der Waals surface area contributed by atoms with Crippen molar-refractivity contribution in [2.24, 2.45) is 0 Å². The van der Waals surface area contributed by atoms with Crippen LogP contribution in [0.1, 0.15) is 52.6 Å². The first-order valence-corrected chi connectivity index (χ1v) is 15.1. The second-order valence-corrected chi connectivity index (χ2v) is 11.7. The lowest BCUT2D eigenvalue weighted by Gasteiger charge is -2.32. The Balaban J connectivity index is 1.01. The number of carbonyl (C=O) groups is 1. The van der Waals surface area contributed by atoms with Gasteiger partial charge in [0.2, 0.25) is 5.88 Å². The van der Waals surface area contributed by atoms with Crippen LogP contribution in [0.4, 0.5) is 0 Å². The Hall–Kier alpha value is -4.05. The van der Waals surface area contributed by atoms with E-state index in [2.05, 4.69) is 20.5 Å². The van der Waals surface area contributed by atoms with Crippen LogP contribution in [-0.4, -0.2) is 61.3 Å². The molecule has 5 aromatic rings. The van der Waals surface area contributed by atoms with Crippen molar-refractivity contribution >= 4 is 39.5 Å². The lowest BCUT2D eigenvalue weighted by molar-refractivity contribution is -0.0592.